The van der Waals surface area contributed by atoms with E-state index in [0.29, 0.717) is 5.47 Å². The largest absolute Gasteiger partial charge is 0.483 e. The average molecular weight is 379 g/mol. The van der Waals surface area contributed by atoms with Crippen molar-refractivity contribution in [2.24, 2.45) is 0 Å². The van der Waals surface area contributed by atoms with Gasteiger partial charge >= 0.3 is 7.12 Å². The average Bonchev–Trinajstić information content (AvgIpc) is 3.07. The lowest BCUT2D eigenvalue weighted by atomic mass is 9.79. The van der Waals surface area contributed by atoms with Crippen molar-refractivity contribution in [1.82, 2.24) is 4.57 Å². The minimum atomic E-state index is -1.48. The SMILES string of the molecule is C=C/C=C(\C=C(/C)B(O)O)c1ccc2c(c1)c1ccccc1n2-c1ccccc1. The first-order chi connectivity index (χ1) is 14.1. The predicted molar refractivity (Wildman–Crippen MR) is 123 cm³/mol. The van der Waals surface area contributed by atoms with Crippen LogP contribution in [0.1, 0.15) is 12.5 Å². The predicted octanol–water partition coefficient (Wildman–Crippen LogP) is 5.31. The fraction of sp³-hybridized carbons (Fsp3) is 0.0400. The van der Waals surface area contributed by atoms with Crippen molar-refractivity contribution >= 4 is 34.5 Å². The zero-order chi connectivity index (χ0) is 20.4. The van der Waals surface area contributed by atoms with Crippen molar-refractivity contribution in [3.63, 3.8) is 0 Å². The van der Waals surface area contributed by atoms with Crippen molar-refractivity contribution in [2.75, 3.05) is 0 Å². The van der Waals surface area contributed by atoms with Gasteiger partial charge in [-0.15, -0.1) is 0 Å². The third-order valence-electron chi connectivity index (χ3n) is 5.11. The van der Waals surface area contributed by atoms with Crippen LogP contribution >= 0.6 is 0 Å². The second kappa shape index (κ2) is 7.96. The Morgan fingerprint density at radius 2 is 1.59 bits per heavy atom. The Kier molecular flexibility index (Phi) is 5.21. The molecule has 0 saturated heterocycles. The van der Waals surface area contributed by atoms with Gasteiger partial charge in [0.25, 0.3) is 0 Å². The summed E-state index contributed by atoms with van der Waals surface area (Å²) < 4.78 is 2.27. The van der Waals surface area contributed by atoms with Crippen molar-refractivity contribution in [1.29, 1.82) is 0 Å². The Morgan fingerprint density at radius 3 is 2.31 bits per heavy atom. The summed E-state index contributed by atoms with van der Waals surface area (Å²) in [4.78, 5) is 0. The van der Waals surface area contributed by atoms with E-state index in [2.05, 4.69) is 65.7 Å². The number of hydrogen-bond donors (Lipinski definition) is 2. The minimum absolute atomic E-state index is 0.477. The molecule has 142 valence electrons. The molecule has 0 aliphatic heterocycles. The van der Waals surface area contributed by atoms with Crippen LogP contribution in [0.5, 0.6) is 0 Å². The minimum Gasteiger partial charge on any atom is -0.423 e. The summed E-state index contributed by atoms with van der Waals surface area (Å²) in [6.45, 7) is 5.50. The van der Waals surface area contributed by atoms with E-state index in [0.717, 1.165) is 33.2 Å². The lowest BCUT2D eigenvalue weighted by Gasteiger charge is -2.09. The van der Waals surface area contributed by atoms with E-state index in [1.165, 1.54) is 5.39 Å². The fourth-order valence-corrected chi connectivity index (χ4v) is 3.68. The third-order valence-corrected chi connectivity index (χ3v) is 5.11. The monoisotopic (exact) mass is 379 g/mol. The Balaban J connectivity index is 1.98. The Labute approximate surface area is 170 Å². The first-order valence-corrected chi connectivity index (χ1v) is 9.56. The molecule has 0 bridgehead atoms. The molecule has 29 heavy (non-hydrogen) atoms. The summed E-state index contributed by atoms with van der Waals surface area (Å²) in [5.74, 6) is 0. The van der Waals surface area contributed by atoms with Gasteiger partial charge in [0.15, 0.2) is 0 Å². The maximum atomic E-state index is 9.46. The van der Waals surface area contributed by atoms with Gasteiger partial charge in [0, 0.05) is 16.5 Å². The number of nitrogens with zero attached hydrogens (tertiary/aromatic N) is 1. The number of benzene rings is 3. The van der Waals surface area contributed by atoms with Crippen LogP contribution in [0.15, 0.2) is 103 Å². The molecule has 0 atom stereocenters. The number of hydrogen-bond acceptors (Lipinski definition) is 2. The van der Waals surface area contributed by atoms with E-state index in [9.17, 15) is 10.0 Å². The van der Waals surface area contributed by atoms with Crippen LogP contribution in [-0.2, 0) is 0 Å². The highest BCUT2D eigenvalue weighted by Gasteiger charge is 2.14. The Bertz CT molecular complexity index is 1250. The molecule has 2 N–H and O–H groups in total. The van der Waals surface area contributed by atoms with Gasteiger partial charge < -0.3 is 14.6 Å². The van der Waals surface area contributed by atoms with Crippen molar-refractivity contribution in [3.05, 3.63) is 109 Å². The van der Waals surface area contributed by atoms with Crippen LogP contribution in [0, 0.1) is 0 Å². The standard InChI is InChI=1S/C25H22BNO2/c1-3-9-19(16-18(2)26(28)29)20-14-15-25-23(17-20)22-12-7-8-13-24(22)27(25)21-10-5-4-6-11-21/h3-17,28-29H,1H2,2H3/b18-16+,19-9+. The van der Waals surface area contributed by atoms with Crippen LogP contribution in [0.3, 0.4) is 0 Å². The molecule has 0 aliphatic rings. The van der Waals surface area contributed by atoms with Crippen molar-refractivity contribution in [3.8, 4) is 5.69 Å². The first kappa shape index (κ1) is 19.0. The third kappa shape index (κ3) is 3.56. The van der Waals surface area contributed by atoms with Crippen LogP contribution in [0.2, 0.25) is 0 Å². The second-order valence-corrected chi connectivity index (χ2v) is 7.04. The topological polar surface area (TPSA) is 45.4 Å². The number of fused-ring (bicyclic) bond motifs is 3. The molecule has 0 radical (unpaired) electrons. The number of allylic oxidation sites excluding steroid dienone is 5. The van der Waals surface area contributed by atoms with Gasteiger partial charge in [-0.2, -0.15) is 0 Å². The molecule has 0 aliphatic carbocycles. The molecule has 1 aromatic heterocycles. The highest BCUT2D eigenvalue weighted by Crippen LogP contribution is 2.34. The Hall–Kier alpha value is -3.34. The summed E-state index contributed by atoms with van der Waals surface area (Å²) in [6.07, 6.45) is 5.37. The first-order valence-electron chi connectivity index (χ1n) is 9.56. The molecule has 0 spiro atoms. The zero-order valence-electron chi connectivity index (χ0n) is 16.3. The van der Waals surface area contributed by atoms with Crippen molar-refractivity contribution < 1.29 is 10.0 Å². The van der Waals surface area contributed by atoms with Gasteiger partial charge in [-0.25, -0.2) is 0 Å². The van der Waals surface area contributed by atoms with Gasteiger partial charge in [0.1, 0.15) is 0 Å². The molecule has 4 aromatic rings. The summed E-state index contributed by atoms with van der Waals surface area (Å²) in [6, 6.07) is 25.0. The van der Waals surface area contributed by atoms with Crippen molar-refractivity contribution in [2.45, 2.75) is 6.92 Å². The van der Waals surface area contributed by atoms with Gasteiger partial charge in [0.2, 0.25) is 0 Å². The quantitative estimate of drug-likeness (QED) is 0.365. The molecule has 4 rings (SSSR count). The molecule has 3 nitrogen and oxygen atoms in total. The Morgan fingerprint density at radius 1 is 0.897 bits per heavy atom. The molecule has 0 unspecified atom stereocenters. The van der Waals surface area contributed by atoms with E-state index in [1.54, 1.807) is 19.1 Å². The lowest BCUT2D eigenvalue weighted by Crippen LogP contribution is -2.12. The van der Waals surface area contributed by atoms with E-state index < -0.39 is 7.12 Å². The van der Waals surface area contributed by atoms with Crippen LogP contribution in [0.4, 0.5) is 0 Å². The van der Waals surface area contributed by atoms with E-state index in [4.69, 9.17) is 0 Å². The molecular weight excluding hydrogens is 357 g/mol. The number of rotatable bonds is 5. The summed E-state index contributed by atoms with van der Waals surface area (Å²) >= 11 is 0. The highest BCUT2D eigenvalue weighted by molar-refractivity contribution is 6.50. The molecule has 3 aromatic carbocycles. The van der Waals surface area contributed by atoms with Gasteiger partial charge in [-0.05, 0) is 53.9 Å². The smallest absolute Gasteiger partial charge is 0.423 e. The highest BCUT2D eigenvalue weighted by atomic mass is 16.4. The van der Waals surface area contributed by atoms with Gasteiger partial charge in [-0.3, -0.25) is 0 Å². The molecule has 0 amide bonds. The van der Waals surface area contributed by atoms with E-state index in [1.807, 2.05) is 24.3 Å². The summed E-state index contributed by atoms with van der Waals surface area (Å²) in [5.41, 5.74) is 5.74. The molecule has 0 saturated carbocycles. The van der Waals surface area contributed by atoms with Crippen LogP contribution in [-0.4, -0.2) is 21.7 Å². The maximum absolute atomic E-state index is 9.46. The van der Waals surface area contributed by atoms with Crippen LogP contribution in [0.25, 0.3) is 33.1 Å². The summed E-state index contributed by atoms with van der Waals surface area (Å²) in [5, 5.41) is 21.2. The molecule has 4 heteroatoms. The maximum Gasteiger partial charge on any atom is 0.483 e. The number of aromatic nitrogens is 1. The fourth-order valence-electron chi connectivity index (χ4n) is 3.68. The van der Waals surface area contributed by atoms with E-state index in [-0.39, 0.29) is 0 Å². The van der Waals surface area contributed by atoms with E-state index >= 15 is 0 Å². The second-order valence-electron chi connectivity index (χ2n) is 7.04. The molecule has 1 heterocycles. The number of para-hydroxylation sites is 2. The van der Waals surface area contributed by atoms with Crippen LogP contribution < -0.4 is 0 Å². The molecule has 0 fully saturated rings. The van der Waals surface area contributed by atoms with Gasteiger partial charge in [0.05, 0.1) is 11.0 Å². The van der Waals surface area contributed by atoms with Gasteiger partial charge in [-0.1, -0.05) is 67.3 Å². The normalized spacial score (nSPS) is 12.5. The summed E-state index contributed by atoms with van der Waals surface area (Å²) in [7, 11) is -1.48. The lowest BCUT2D eigenvalue weighted by molar-refractivity contribution is 0.419. The molecular formula is C25H22BNO2. The zero-order valence-corrected chi connectivity index (χ0v) is 16.3.